The first kappa shape index (κ1) is 25.1. The van der Waals surface area contributed by atoms with Crippen LogP contribution in [-0.4, -0.2) is 29.1 Å². The van der Waals surface area contributed by atoms with Gasteiger partial charge in [0.25, 0.3) is 0 Å². The minimum atomic E-state index is -0.0296. The fourth-order valence-corrected chi connectivity index (χ4v) is 5.05. The number of unbranched alkanes of at least 4 members (excludes halogenated alkanes) is 1. The van der Waals surface area contributed by atoms with Gasteiger partial charge < -0.3 is 9.84 Å². The molecule has 0 radical (unpaired) electrons. The van der Waals surface area contributed by atoms with Gasteiger partial charge in [0.05, 0.1) is 12.3 Å². The highest BCUT2D eigenvalue weighted by Gasteiger charge is 2.17. The summed E-state index contributed by atoms with van der Waals surface area (Å²) < 4.78 is 5.50. The van der Waals surface area contributed by atoms with Crippen molar-refractivity contribution in [1.29, 1.82) is 0 Å². The number of rotatable bonds is 12. The number of benzene rings is 2. The van der Waals surface area contributed by atoms with Gasteiger partial charge in [0.15, 0.2) is 5.78 Å². The van der Waals surface area contributed by atoms with E-state index in [1.807, 2.05) is 25.1 Å². The quantitative estimate of drug-likeness (QED) is 0.300. The number of ether oxygens (including phenoxy) is 1. The normalized spacial score (nSPS) is 11.2. The van der Waals surface area contributed by atoms with E-state index in [1.54, 1.807) is 11.3 Å². The van der Waals surface area contributed by atoms with E-state index < -0.39 is 0 Å². The van der Waals surface area contributed by atoms with Crippen LogP contribution in [0, 0.1) is 6.92 Å². The Morgan fingerprint density at radius 3 is 2.52 bits per heavy atom. The third-order valence-electron chi connectivity index (χ3n) is 5.72. The molecule has 5 heteroatoms. The lowest BCUT2D eigenvalue weighted by Gasteiger charge is -2.09. The van der Waals surface area contributed by atoms with Gasteiger partial charge in [0, 0.05) is 22.4 Å². The smallest absolute Gasteiger partial charge is 0.163 e. The van der Waals surface area contributed by atoms with E-state index in [0.29, 0.717) is 30.1 Å². The van der Waals surface area contributed by atoms with Crippen molar-refractivity contribution in [3.05, 3.63) is 69.7 Å². The average Bonchev–Trinajstić information content (AvgIpc) is 3.25. The second-order valence-corrected chi connectivity index (χ2v) is 9.84. The highest BCUT2D eigenvalue weighted by Crippen LogP contribution is 2.33. The molecule has 0 saturated carbocycles. The molecule has 3 aromatic rings. The molecule has 0 atom stereocenters. The van der Waals surface area contributed by atoms with E-state index in [9.17, 15) is 4.79 Å². The van der Waals surface area contributed by atoms with E-state index in [4.69, 9.17) is 14.8 Å². The summed E-state index contributed by atoms with van der Waals surface area (Å²) in [5.41, 5.74) is 5.22. The number of thiazole rings is 1. The van der Waals surface area contributed by atoms with Crippen molar-refractivity contribution in [2.24, 2.45) is 0 Å². The van der Waals surface area contributed by atoms with Crippen LogP contribution in [0.3, 0.4) is 0 Å². The van der Waals surface area contributed by atoms with Crippen molar-refractivity contribution >= 4 is 17.1 Å². The fourth-order valence-electron chi connectivity index (χ4n) is 3.82. The molecule has 0 aliphatic rings. The summed E-state index contributed by atoms with van der Waals surface area (Å²) in [4.78, 5) is 19.0. The van der Waals surface area contributed by atoms with Crippen LogP contribution in [0.5, 0.6) is 5.75 Å². The van der Waals surface area contributed by atoms with Gasteiger partial charge in [-0.1, -0.05) is 51.5 Å². The Hall–Kier alpha value is -2.50. The van der Waals surface area contributed by atoms with Crippen LogP contribution in [0.1, 0.15) is 78.0 Å². The van der Waals surface area contributed by atoms with Gasteiger partial charge in [-0.15, -0.1) is 11.3 Å². The van der Waals surface area contributed by atoms with Gasteiger partial charge in [0.2, 0.25) is 0 Å². The fraction of sp³-hybridized carbons (Fsp3) is 0.429. The lowest BCUT2D eigenvalue weighted by Crippen LogP contribution is -2.05. The highest BCUT2D eigenvalue weighted by atomic mass is 32.1. The first-order valence-electron chi connectivity index (χ1n) is 11.9. The maximum absolute atomic E-state index is 12.9. The van der Waals surface area contributed by atoms with Crippen molar-refractivity contribution in [3.8, 4) is 16.3 Å². The number of aromatic nitrogens is 1. The molecule has 1 N–H and O–H groups in total. The molecular formula is C28H35NO3S. The number of hydrogen-bond acceptors (Lipinski definition) is 5. The number of hydrogen-bond donors (Lipinski definition) is 1. The summed E-state index contributed by atoms with van der Waals surface area (Å²) in [5.74, 6) is 1.14. The Labute approximate surface area is 201 Å². The molecule has 0 unspecified atom stereocenters. The van der Waals surface area contributed by atoms with Gasteiger partial charge in [-0.05, 0) is 61.4 Å². The molecule has 1 aromatic heterocycles. The zero-order valence-corrected chi connectivity index (χ0v) is 21.0. The molecule has 1 heterocycles. The van der Waals surface area contributed by atoms with E-state index in [1.165, 1.54) is 23.3 Å². The van der Waals surface area contributed by atoms with Crippen LogP contribution in [0.4, 0.5) is 0 Å². The Bertz CT molecular complexity index is 1050. The summed E-state index contributed by atoms with van der Waals surface area (Å²) in [6, 6.07) is 14.3. The molecule has 0 fully saturated rings. The number of aliphatic hydroxyl groups is 1. The lowest BCUT2D eigenvalue weighted by atomic mass is 10.0. The van der Waals surface area contributed by atoms with Crippen LogP contribution >= 0.6 is 11.3 Å². The first-order chi connectivity index (χ1) is 15.9. The maximum atomic E-state index is 12.9. The van der Waals surface area contributed by atoms with Crippen LogP contribution in [-0.2, 0) is 12.8 Å². The van der Waals surface area contributed by atoms with Crippen LogP contribution in [0.15, 0.2) is 42.5 Å². The number of ketones is 1. The van der Waals surface area contributed by atoms with E-state index >= 15 is 0 Å². The van der Waals surface area contributed by atoms with E-state index in [2.05, 4.69) is 45.0 Å². The van der Waals surface area contributed by atoms with Crippen molar-refractivity contribution in [2.75, 3.05) is 13.2 Å². The molecule has 4 nitrogen and oxygen atoms in total. The third-order valence-corrected chi connectivity index (χ3v) is 6.90. The highest BCUT2D eigenvalue weighted by molar-refractivity contribution is 7.15. The number of nitrogens with zero attached hydrogens (tertiary/aromatic N) is 1. The molecule has 3 rings (SSSR count). The Morgan fingerprint density at radius 1 is 1.12 bits per heavy atom. The number of carbonyl (C=O) groups excluding carboxylic acids is 1. The van der Waals surface area contributed by atoms with E-state index in [-0.39, 0.29) is 19.0 Å². The second-order valence-electron chi connectivity index (χ2n) is 8.76. The molecule has 0 saturated heterocycles. The zero-order chi connectivity index (χ0) is 23.8. The van der Waals surface area contributed by atoms with Crippen molar-refractivity contribution in [3.63, 3.8) is 0 Å². The molecule has 176 valence electrons. The van der Waals surface area contributed by atoms with Crippen LogP contribution in [0.25, 0.3) is 10.6 Å². The molecule has 0 spiro atoms. The summed E-state index contributed by atoms with van der Waals surface area (Å²) in [6.07, 6.45) is 4.68. The SMILES string of the molecule is CCCCc1ccc(-c2nc(C(C)C)c(CCC(=O)c3ccc(OCCO)c(C)c3)s2)cc1. The van der Waals surface area contributed by atoms with Crippen molar-refractivity contribution in [2.45, 2.75) is 65.7 Å². The van der Waals surface area contributed by atoms with Crippen molar-refractivity contribution in [1.82, 2.24) is 4.98 Å². The summed E-state index contributed by atoms with van der Waals surface area (Å²) in [5, 5.41) is 9.97. The Balaban J connectivity index is 1.71. The van der Waals surface area contributed by atoms with Gasteiger partial charge in [-0.3, -0.25) is 4.79 Å². The van der Waals surface area contributed by atoms with Crippen molar-refractivity contribution < 1.29 is 14.6 Å². The zero-order valence-electron chi connectivity index (χ0n) is 20.2. The largest absolute Gasteiger partial charge is 0.491 e. The summed E-state index contributed by atoms with van der Waals surface area (Å²) in [7, 11) is 0. The molecule has 33 heavy (non-hydrogen) atoms. The molecule has 0 aliphatic heterocycles. The minimum Gasteiger partial charge on any atom is -0.491 e. The topological polar surface area (TPSA) is 59.4 Å². The third kappa shape index (κ3) is 6.75. The molecule has 0 aliphatic carbocycles. The minimum absolute atomic E-state index is 0.0296. The van der Waals surface area contributed by atoms with Gasteiger partial charge in [-0.25, -0.2) is 4.98 Å². The predicted octanol–water partition coefficient (Wildman–Crippen LogP) is 6.77. The Morgan fingerprint density at radius 2 is 1.88 bits per heavy atom. The number of carbonyl (C=O) groups is 1. The van der Waals surface area contributed by atoms with Gasteiger partial charge >= 0.3 is 0 Å². The van der Waals surface area contributed by atoms with Gasteiger partial charge in [-0.2, -0.15) is 0 Å². The average molecular weight is 466 g/mol. The number of aliphatic hydroxyl groups excluding tert-OH is 1. The monoisotopic (exact) mass is 465 g/mol. The first-order valence-corrected chi connectivity index (χ1v) is 12.7. The standard InChI is InChI=1S/C28H35NO3S/c1-5-6-7-21-8-10-22(11-9-21)28-29-27(19(2)3)26(33-28)15-13-24(31)23-12-14-25(20(4)18-23)32-17-16-30/h8-12,14,18-19,30H,5-7,13,15-17H2,1-4H3. The van der Waals surface area contributed by atoms with Gasteiger partial charge in [0.1, 0.15) is 17.4 Å². The molecule has 0 bridgehead atoms. The maximum Gasteiger partial charge on any atom is 0.163 e. The number of aryl methyl sites for hydroxylation is 3. The van der Waals surface area contributed by atoms with Crippen LogP contribution < -0.4 is 4.74 Å². The summed E-state index contributed by atoms with van der Waals surface area (Å²) >= 11 is 1.71. The Kier molecular flexibility index (Phi) is 9.21. The molecular weight excluding hydrogens is 430 g/mol. The van der Waals surface area contributed by atoms with Crippen LogP contribution in [0.2, 0.25) is 0 Å². The number of Topliss-reactive ketones (excluding diaryl/α,β-unsaturated/α-hetero) is 1. The molecule has 0 amide bonds. The predicted molar refractivity (Wildman–Crippen MR) is 137 cm³/mol. The summed E-state index contributed by atoms with van der Waals surface area (Å²) in [6.45, 7) is 8.68. The second kappa shape index (κ2) is 12.1. The lowest BCUT2D eigenvalue weighted by molar-refractivity contribution is 0.0983. The van der Waals surface area contributed by atoms with E-state index in [0.717, 1.165) is 28.2 Å². The molecule has 2 aromatic carbocycles.